The van der Waals surface area contributed by atoms with E-state index >= 15 is 0 Å². The van der Waals surface area contributed by atoms with Gasteiger partial charge in [0.1, 0.15) is 23.4 Å². The Hall–Kier alpha value is -4.17. The summed E-state index contributed by atoms with van der Waals surface area (Å²) in [6, 6.07) is 18.0. The minimum absolute atomic E-state index is 0.0385. The van der Waals surface area contributed by atoms with Gasteiger partial charge in [-0.1, -0.05) is 56.4 Å². The fourth-order valence-corrected chi connectivity index (χ4v) is 6.51. The Kier molecular flexibility index (Phi) is 6.61. The number of fused-ring (bicyclic) bond motifs is 2. The van der Waals surface area contributed by atoms with Crippen LogP contribution in [0.4, 0.5) is 5.13 Å². The van der Waals surface area contributed by atoms with Crippen LogP contribution >= 0.6 is 11.3 Å². The zero-order valence-electron chi connectivity index (χ0n) is 23.7. The number of carbonyl (C=O) groups is 2. The van der Waals surface area contributed by atoms with Crippen LogP contribution in [-0.4, -0.2) is 34.5 Å². The normalized spacial score (nSPS) is 20.0. The molecule has 0 radical (unpaired) electrons. The number of aliphatic hydroxyl groups excluding tert-OH is 1. The molecule has 6 rings (SSSR count). The molecule has 2 atom stereocenters. The molecule has 1 aromatic heterocycles. The first-order valence-corrected chi connectivity index (χ1v) is 14.6. The summed E-state index contributed by atoms with van der Waals surface area (Å²) in [5.74, 6) is -0.200. The average Bonchev–Trinajstić information content (AvgIpc) is 3.60. The van der Waals surface area contributed by atoms with E-state index in [4.69, 9.17) is 14.5 Å². The molecule has 1 amide bonds. The Balaban J connectivity index is 1.51. The van der Waals surface area contributed by atoms with Crippen molar-refractivity contribution >= 4 is 44.1 Å². The van der Waals surface area contributed by atoms with Crippen molar-refractivity contribution < 1.29 is 24.2 Å². The van der Waals surface area contributed by atoms with Gasteiger partial charge in [0, 0.05) is 12.0 Å². The predicted molar refractivity (Wildman–Crippen MR) is 161 cm³/mol. The van der Waals surface area contributed by atoms with Gasteiger partial charge in [-0.25, -0.2) is 4.98 Å². The van der Waals surface area contributed by atoms with Gasteiger partial charge in [0.2, 0.25) is 0 Å². The monoisotopic (exact) mass is 568 g/mol. The van der Waals surface area contributed by atoms with Gasteiger partial charge in [-0.2, -0.15) is 0 Å². The number of rotatable bonds is 5. The molecule has 1 N–H and O–H groups in total. The van der Waals surface area contributed by atoms with Crippen LogP contribution in [0.5, 0.6) is 11.5 Å². The van der Waals surface area contributed by atoms with Gasteiger partial charge >= 0.3 is 5.91 Å². The van der Waals surface area contributed by atoms with Crippen molar-refractivity contribution in [2.45, 2.75) is 58.6 Å². The lowest BCUT2D eigenvalue weighted by atomic mass is 9.85. The second kappa shape index (κ2) is 10.0. The number of aromatic nitrogens is 1. The van der Waals surface area contributed by atoms with Crippen molar-refractivity contribution in [2.24, 2.45) is 0 Å². The van der Waals surface area contributed by atoms with E-state index in [0.717, 1.165) is 21.6 Å². The van der Waals surface area contributed by atoms with Gasteiger partial charge in [0.25, 0.3) is 5.78 Å². The zero-order chi connectivity index (χ0) is 29.1. The Morgan fingerprint density at radius 3 is 2.56 bits per heavy atom. The molecule has 0 unspecified atom stereocenters. The molecule has 0 saturated carbocycles. The van der Waals surface area contributed by atoms with Crippen LogP contribution in [-0.2, 0) is 21.4 Å². The van der Waals surface area contributed by atoms with Gasteiger partial charge in [-0.3, -0.25) is 14.5 Å². The van der Waals surface area contributed by atoms with E-state index in [1.807, 2.05) is 62.4 Å². The number of thiazole rings is 1. The molecule has 1 saturated heterocycles. The minimum Gasteiger partial charge on any atom is -0.507 e. The number of Topliss-reactive ketones (excluding diaryl/α,β-unsaturated/α-hetero) is 1. The maximum absolute atomic E-state index is 13.7. The van der Waals surface area contributed by atoms with E-state index < -0.39 is 17.7 Å². The van der Waals surface area contributed by atoms with E-state index in [0.29, 0.717) is 40.6 Å². The van der Waals surface area contributed by atoms with E-state index in [9.17, 15) is 14.7 Å². The Bertz CT molecular complexity index is 1710. The van der Waals surface area contributed by atoms with Crippen LogP contribution in [0.3, 0.4) is 0 Å². The summed E-state index contributed by atoms with van der Waals surface area (Å²) in [7, 11) is 0. The molecule has 3 aromatic carbocycles. The van der Waals surface area contributed by atoms with Gasteiger partial charge in [-0.05, 0) is 72.4 Å². The molecule has 2 aliphatic heterocycles. The molecule has 7 nitrogen and oxygen atoms in total. The molecule has 0 aliphatic carbocycles. The summed E-state index contributed by atoms with van der Waals surface area (Å²) >= 11 is 1.31. The molecule has 8 heteroatoms. The number of amides is 1. The molecule has 3 heterocycles. The third kappa shape index (κ3) is 4.76. The Labute approximate surface area is 243 Å². The van der Waals surface area contributed by atoms with Crippen molar-refractivity contribution in [2.75, 3.05) is 11.5 Å². The number of hydrogen-bond donors (Lipinski definition) is 1. The number of aliphatic hydroxyl groups is 1. The number of nitrogens with zero attached hydrogens (tertiary/aromatic N) is 2. The first-order valence-electron chi connectivity index (χ1n) is 13.8. The molecular weight excluding hydrogens is 536 g/mol. The third-order valence-corrected chi connectivity index (χ3v) is 8.59. The lowest BCUT2D eigenvalue weighted by Gasteiger charge is -2.24. The Morgan fingerprint density at radius 1 is 1.10 bits per heavy atom. The van der Waals surface area contributed by atoms with Crippen LogP contribution in [0, 0.1) is 0 Å². The highest BCUT2D eigenvalue weighted by Crippen LogP contribution is 2.45. The number of anilines is 1. The molecule has 0 spiro atoms. The fourth-order valence-electron chi connectivity index (χ4n) is 5.49. The summed E-state index contributed by atoms with van der Waals surface area (Å²) in [5, 5.41) is 12.0. The quantitative estimate of drug-likeness (QED) is 0.159. The SMILES string of the molecule is CCOc1ccc2nc(N3C(=O)C(=O)/C(=C(/O)c4ccc5c(c4)C[C@H](C)O5)[C@H]3c3ccc(C(C)(C)C)cc3)sc2c1. The van der Waals surface area contributed by atoms with Crippen molar-refractivity contribution in [1.29, 1.82) is 0 Å². The van der Waals surface area contributed by atoms with Crippen LogP contribution in [0.2, 0.25) is 0 Å². The molecule has 41 heavy (non-hydrogen) atoms. The maximum atomic E-state index is 13.7. The fraction of sp³-hybridized carbons (Fsp3) is 0.303. The minimum atomic E-state index is -0.848. The van der Waals surface area contributed by atoms with E-state index in [-0.39, 0.29) is 22.9 Å². The maximum Gasteiger partial charge on any atom is 0.301 e. The Morgan fingerprint density at radius 2 is 1.85 bits per heavy atom. The van der Waals surface area contributed by atoms with E-state index in [1.54, 1.807) is 12.1 Å². The molecule has 2 aliphatic rings. The largest absolute Gasteiger partial charge is 0.507 e. The summed E-state index contributed by atoms with van der Waals surface area (Å²) in [5.41, 5.74) is 3.93. The summed E-state index contributed by atoms with van der Waals surface area (Å²) in [4.78, 5) is 33.5. The van der Waals surface area contributed by atoms with E-state index in [1.165, 1.54) is 16.2 Å². The van der Waals surface area contributed by atoms with Crippen LogP contribution < -0.4 is 14.4 Å². The van der Waals surface area contributed by atoms with E-state index in [2.05, 4.69) is 20.8 Å². The van der Waals surface area contributed by atoms with Gasteiger partial charge in [-0.15, -0.1) is 0 Å². The summed E-state index contributed by atoms with van der Waals surface area (Å²) in [6.45, 7) is 10.8. The zero-order valence-corrected chi connectivity index (χ0v) is 24.5. The number of benzene rings is 3. The van der Waals surface area contributed by atoms with Gasteiger partial charge < -0.3 is 14.6 Å². The standard InChI is InChI=1S/C33H32N2O5S/c1-6-39-23-12-13-24-26(17-23)41-32(34-24)35-28(19-7-10-22(11-8-19)33(3,4)5)27(30(37)31(35)38)29(36)20-9-14-25-21(16-20)15-18(2)40-25/h7-14,16-18,28,36H,6,15H2,1-5H3/b29-27+/t18-,28+/m0/s1. The van der Waals surface area contributed by atoms with Crippen LogP contribution in [0.15, 0.2) is 66.2 Å². The molecule has 4 aromatic rings. The highest BCUT2D eigenvalue weighted by Gasteiger charge is 2.48. The first kappa shape index (κ1) is 27.0. The third-order valence-electron chi connectivity index (χ3n) is 7.57. The lowest BCUT2D eigenvalue weighted by molar-refractivity contribution is -0.132. The lowest BCUT2D eigenvalue weighted by Crippen LogP contribution is -2.29. The smallest absolute Gasteiger partial charge is 0.301 e. The van der Waals surface area contributed by atoms with Crippen molar-refractivity contribution in [3.8, 4) is 11.5 Å². The highest BCUT2D eigenvalue weighted by atomic mass is 32.1. The second-order valence-electron chi connectivity index (χ2n) is 11.6. The molecule has 0 bridgehead atoms. The number of ether oxygens (including phenoxy) is 2. The number of hydrogen-bond acceptors (Lipinski definition) is 7. The van der Waals surface area contributed by atoms with Gasteiger partial charge in [0.15, 0.2) is 5.13 Å². The van der Waals surface area contributed by atoms with Crippen molar-refractivity contribution in [1.82, 2.24) is 4.98 Å². The summed E-state index contributed by atoms with van der Waals surface area (Å²) in [6.07, 6.45) is 0.745. The number of carbonyl (C=O) groups excluding carboxylic acids is 2. The number of ketones is 1. The highest BCUT2D eigenvalue weighted by molar-refractivity contribution is 7.22. The van der Waals surface area contributed by atoms with Gasteiger partial charge in [0.05, 0.1) is 28.4 Å². The predicted octanol–water partition coefficient (Wildman–Crippen LogP) is 6.94. The van der Waals surface area contributed by atoms with Crippen molar-refractivity contribution in [3.05, 3.63) is 88.5 Å². The second-order valence-corrected chi connectivity index (χ2v) is 12.6. The van der Waals surface area contributed by atoms with Crippen LogP contribution in [0.1, 0.15) is 62.9 Å². The summed E-state index contributed by atoms with van der Waals surface area (Å²) < 4.78 is 12.3. The van der Waals surface area contributed by atoms with Crippen LogP contribution in [0.25, 0.3) is 16.0 Å². The molecule has 1 fully saturated rings. The molecular formula is C33H32N2O5S. The topological polar surface area (TPSA) is 89.0 Å². The average molecular weight is 569 g/mol. The first-order chi connectivity index (χ1) is 19.5. The van der Waals surface area contributed by atoms with Crippen molar-refractivity contribution in [3.63, 3.8) is 0 Å². The molecule has 210 valence electrons.